The highest BCUT2D eigenvalue weighted by Gasteiger charge is 2.24. The Kier molecular flexibility index (Phi) is 4.96. The minimum atomic E-state index is 0.120. The van der Waals surface area contributed by atoms with E-state index in [0.717, 1.165) is 18.8 Å². The molecule has 2 atom stereocenters. The second-order valence-electron chi connectivity index (χ2n) is 5.44. The maximum atomic E-state index is 5.85. The van der Waals surface area contributed by atoms with Crippen molar-refractivity contribution in [2.24, 2.45) is 11.7 Å². The second-order valence-corrected chi connectivity index (χ2v) is 5.44. The van der Waals surface area contributed by atoms with Gasteiger partial charge < -0.3 is 15.8 Å². The lowest BCUT2D eigenvalue weighted by atomic mass is 9.84. The van der Waals surface area contributed by atoms with Gasteiger partial charge in [-0.3, -0.25) is 0 Å². The molecule has 0 bridgehead atoms. The van der Waals surface area contributed by atoms with E-state index in [4.69, 9.17) is 10.5 Å². The molecule has 3 N–H and O–H groups in total. The summed E-state index contributed by atoms with van der Waals surface area (Å²) >= 11 is 0. The van der Waals surface area contributed by atoms with Crippen LogP contribution in [0, 0.1) is 5.92 Å². The first kappa shape index (κ1) is 14.1. The highest BCUT2D eigenvalue weighted by molar-refractivity contribution is 5.38. The van der Waals surface area contributed by atoms with Gasteiger partial charge >= 0.3 is 0 Å². The fourth-order valence-corrected chi connectivity index (χ4v) is 2.59. The molecule has 0 spiro atoms. The molecule has 0 radical (unpaired) electrons. The summed E-state index contributed by atoms with van der Waals surface area (Å²) in [5, 5.41) is 3.48. The summed E-state index contributed by atoms with van der Waals surface area (Å²) in [5.74, 6) is 1.99. The number of nitrogens with zero attached hydrogens (tertiary/aromatic N) is 2. The molecule has 2 rings (SSSR count). The molecule has 1 aliphatic carbocycles. The van der Waals surface area contributed by atoms with Gasteiger partial charge in [0.2, 0.25) is 5.88 Å². The first-order valence-corrected chi connectivity index (χ1v) is 7.14. The number of rotatable bonds is 5. The fourth-order valence-electron chi connectivity index (χ4n) is 2.59. The zero-order chi connectivity index (χ0) is 13.7. The minimum absolute atomic E-state index is 0.120. The van der Waals surface area contributed by atoms with Gasteiger partial charge in [-0.2, -0.15) is 0 Å². The van der Waals surface area contributed by atoms with E-state index in [1.165, 1.54) is 19.3 Å². The van der Waals surface area contributed by atoms with Gasteiger partial charge in [-0.25, -0.2) is 9.97 Å². The molecule has 2 unspecified atom stereocenters. The van der Waals surface area contributed by atoms with Crippen LogP contribution in [-0.4, -0.2) is 28.7 Å². The van der Waals surface area contributed by atoms with Crippen LogP contribution in [0.5, 0.6) is 5.88 Å². The van der Waals surface area contributed by atoms with Crippen molar-refractivity contribution < 1.29 is 4.74 Å². The zero-order valence-corrected chi connectivity index (χ0v) is 11.8. The van der Waals surface area contributed by atoms with Crippen LogP contribution in [0.15, 0.2) is 12.4 Å². The van der Waals surface area contributed by atoms with Gasteiger partial charge in [0, 0.05) is 12.1 Å². The van der Waals surface area contributed by atoms with E-state index < -0.39 is 0 Å². The lowest BCUT2D eigenvalue weighted by molar-refractivity contribution is 0.232. The molecule has 5 nitrogen and oxygen atoms in total. The Balaban J connectivity index is 2.01. The van der Waals surface area contributed by atoms with E-state index in [0.29, 0.717) is 17.8 Å². The lowest BCUT2D eigenvalue weighted by Gasteiger charge is -2.31. The molecule has 106 valence electrons. The third kappa shape index (κ3) is 4.06. The average molecular weight is 264 g/mol. The molecule has 1 saturated carbocycles. The molecule has 0 saturated heterocycles. The Bertz CT molecular complexity index is 397. The van der Waals surface area contributed by atoms with Crippen LogP contribution in [0.4, 0.5) is 5.82 Å². The van der Waals surface area contributed by atoms with E-state index in [2.05, 4.69) is 15.3 Å². The number of anilines is 1. The average Bonchev–Trinajstić information content (AvgIpc) is 2.39. The van der Waals surface area contributed by atoms with Crippen molar-refractivity contribution in [3.8, 4) is 5.88 Å². The topological polar surface area (TPSA) is 73.1 Å². The Morgan fingerprint density at radius 1 is 1.37 bits per heavy atom. The number of hydrogen-bond donors (Lipinski definition) is 2. The smallest absolute Gasteiger partial charge is 0.218 e. The van der Waals surface area contributed by atoms with E-state index >= 15 is 0 Å². The predicted molar refractivity (Wildman–Crippen MR) is 76.2 cm³/mol. The molecule has 0 amide bonds. The third-order valence-corrected chi connectivity index (χ3v) is 3.54. The van der Waals surface area contributed by atoms with Crippen molar-refractivity contribution in [1.82, 2.24) is 9.97 Å². The van der Waals surface area contributed by atoms with Crippen molar-refractivity contribution >= 4 is 5.82 Å². The monoisotopic (exact) mass is 264 g/mol. The lowest BCUT2D eigenvalue weighted by Crippen LogP contribution is -2.36. The number of aromatic nitrogens is 2. The fraction of sp³-hybridized carbons (Fsp3) is 0.714. The SMILES string of the molecule is CC(C)Oc1cc(NC2CCCCC2CN)ncn1. The van der Waals surface area contributed by atoms with Gasteiger partial charge in [-0.1, -0.05) is 12.8 Å². The first-order valence-electron chi connectivity index (χ1n) is 7.14. The molecule has 19 heavy (non-hydrogen) atoms. The van der Waals surface area contributed by atoms with Crippen molar-refractivity contribution in [3.63, 3.8) is 0 Å². The number of ether oxygens (including phenoxy) is 1. The summed E-state index contributed by atoms with van der Waals surface area (Å²) in [6, 6.07) is 2.28. The van der Waals surface area contributed by atoms with E-state index in [9.17, 15) is 0 Å². The van der Waals surface area contributed by atoms with Crippen molar-refractivity contribution in [1.29, 1.82) is 0 Å². The van der Waals surface area contributed by atoms with Crippen LogP contribution in [0.25, 0.3) is 0 Å². The van der Waals surface area contributed by atoms with Gasteiger partial charge in [0.25, 0.3) is 0 Å². The quantitative estimate of drug-likeness (QED) is 0.853. The molecule has 1 aromatic heterocycles. The van der Waals surface area contributed by atoms with Gasteiger partial charge in [0.1, 0.15) is 12.1 Å². The molecule has 0 aromatic carbocycles. The Hall–Kier alpha value is -1.36. The van der Waals surface area contributed by atoms with E-state index in [1.807, 2.05) is 19.9 Å². The van der Waals surface area contributed by atoms with E-state index in [1.54, 1.807) is 6.33 Å². The third-order valence-electron chi connectivity index (χ3n) is 3.54. The van der Waals surface area contributed by atoms with Crippen LogP contribution in [0.1, 0.15) is 39.5 Å². The van der Waals surface area contributed by atoms with Crippen LogP contribution in [-0.2, 0) is 0 Å². The van der Waals surface area contributed by atoms with Gasteiger partial charge in [0.05, 0.1) is 6.10 Å². The highest BCUT2D eigenvalue weighted by Crippen LogP contribution is 2.26. The van der Waals surface area contributed by atoms with Crippen LogP contribution >= 0.6 is 0 Å². The molecular weight excluding hydrogens is 240 g/mol. The molecule has 1 fully saturated rings. The Morgan fingerprint density at radius 3 is 2.89 bits per heavy atom. The van der Waals surface area contributed by atoms with Gasteiger partial charge in [0.15, 0.2) is 0 Å². The summed E-state index contributed by atoms with van der Waals surface area (Å²) in [6.45, 7) is 4.71. The Morgan fingerprint density at radius 2 is 2.16 bits per heavy atom. The van der Waals surface area contributed by atoms with Crippen molar-refractivity contribution in [3.05, 3.63) is 12.4 Å². The molecule has 5 heteroatoms. The van der Waals surface area contributed by atoms with Gasteiger partial charge in [-0.05, 0) is 39.2 Å². The van der Waals surface area contributed by atoms with Gasteiger partial charge in [-0.15, -0.1) is 0 Å². The molecule has 1 aromatic rings. The summed E-state index contributed by atoms with van der Waals surface area (Å²) in [4.78, 5) is 8.38. The van der Waals surface area contributed by atoms with Crippen molar-refractivity contribution in [2.75, 3.05) is 11.9 Å². The summed E-state index contributed by atoms with van der Waals surface area (Å²) in [5.41, 5.74) is 5.85. The first-order chi connectivity index (χ1) is 9.19. The normalized spacial score (nSPS) is 23.4. The molecule has 1 heterocycles. The van der Waals surface area contributed by atoms with Crippen LogP contribution in [0.2, 0.25) is 0 Å². The summed E-state index contributed by atoms with van der Waals surface area (Å²) in [6.07, 6.45) is 6.57. The minimum Gasteiger partial charge on any atom is -0.475 e. The highest BCUT2D eigenvalue weighted by atomic mass is 16.5. The maximum Gasteiger partial charge on any atom is 0.218 e. The summed E-state index contributed by atoms with van der Waals surface area (Å²) in [7, 11) is 0. The maximum absolute atomic E-state index is 5.85. The predicted octanol–water partition coefficient (Wildman–Crippen LogP) is 2.19. The molecular formula is C14H24N4O. The standard InChI is InChI=1S/C14H24N4O/c1-10(2)19-14-7-13(16-9-17-14)18-12-6-4-3-5-11(12)8-15/h7,9-12H,3-6,8,15H2,1-2H3,(H,16,17,18). The number of nitrogens with one attached hydrogen (secondary N) is 1. The second kappa shape index (κ2) is 6.70. The molecule has 0 aliphatic heterocycles. The number of hydrogen-bond acceptors (Lipinski definition) is 5. The van der Waals surface area contributed by atoms with E-state index in [-0.39, 0.29) is 6.10 Å². The number of nitrogens with two attached hydrogens (primary N) is 1. The van der Waals surface area contributed by atoms with Crippen LogP contribution < -0.4 is 15.8 Å². The molecule has 1 aliphatic rings. The zero-order valence-electron chi connectivity index (χ0n) is 11.8. The summed E-state index contributed by atoms with van der Waals surface area (Å²) < 4.78 is 5.58. The largest absolute Gasteiger partial charge is 0.475 e. The van der Waals surface area contributed by atoms with Crippen LogP contribution in [0.3, 0.4) is 0 Å². The Labute approximate surface area is 115 Å². The van der Waals surface area contributed by atoms with Crippen molar-refractivity contribution in [2.45, 2.75) is 51.7 Å².